The van der Waals surface area contributed by atoms with E-state index in [0.717, 1.165) is 29.6 Å². The number of rotatable bonds is 6. The fraction of sp³-hybridized carbons (Fsp3) is 0.520. The van der Waals surface area contributed by atoms with E-state index in [-0.39, 0.29) is 24.0 Å². The number of carbonyl (C=O) groups is 2. The van der Waals surface area contributed by atoms with Gasteiger partial charge in [-0.25, -0.2) is 9.31 Å². The zero-order chi connectivity index (χ0) is 25.6. The van der Waals surface area contributed by atoms with Crippen molar-refractivity contribution < 1.29 is 23.8 Å². The molecule has 192 valence electrons. The first-order valence-electron chi connectivity index (χ1n) is 12.1. The second-order valence-corrected chi connectivity index (χ2v) is 10.4. The maximum Gasteiger partial charge on any atom is 0.410 e. The van der Waals surface area contributed by atoms with Gasteiger partial charge in [-0.3, -0.25) is 9.48 Å². The quantitative estimate of drug-likeness (QED) is 0.558. The smallest absolute Gasteiger partial charge is 0.410 e. The van der Waals surface area contributed by atoms with Gasteiger partial charge in [0.2, 0.25) is 5.91 Å². The van der Waals surface area contributed by atoms with Gasteiger partial charge in [-0.2, -0.15) is 10.2 Å². The van der Waals surface area contributed by atoms with Gasteiger partial charge in [0.15, 0.2) is 11.6 Å². The van der Waals surface area contributed by atoms with Crippen molar-refractivity contribution in [2.24, 2.45) is 13.0 Å². The Morgan fingerprint density at radius 2 is 1.89 bits per heavy atom. The number of hydrogen-bond acceptors (Lipinski definition) is 7. The largest absolute Gasteiger partial charge is 0.482 e. The number of likely N-dealkylation sites (tertiary alicyclic amines) is 1. The molecule has 2 atom stereocenters. The summed E-state index contributed by atoms with van der Waals surface area (Å²) in [6.07, 6.45) is 4.30. The molecule has 1 aliphatic carbocycles. The predicted molar refractivity (Wildman–Crippen MR) is 132 cm³/mol. The van der Waals surface area contributed by atoms with Crippen LogP contribution in [0.2, 0.25) is 0 Å². The van der Waals surface area contributed by atoms with Crippen molar-refractivity contribution in [3.63, 3.8) is 0 Å². The molecule has 0 bridgehead atoms. The van der Waals surface area contributed by atoms with Crippen LogP contribution in [0.25, 0.3) is 16.8 Å². The summed E-state index contributed by atoms with van der Waals surface area (Å²) in [4.78, 5) is 26.3. The average molecular weight is 497 g/mol. The van der Waals surface area contributed by atoms with Crippen molar-refractivity contribution in [3.8, 4) is 17.0 Å². The Morgan fingerprint density at radius 1 is 1.14 bits per heavy atom. The standard InChI is InChI=1S/C25H32N6O5/c1-25(2,3)36-24(33)30-13-19(34-5)20(14-30)35-18-12-26-29(4)22(18)16-8-9-31-17(10-16)11-21(28-31)27-23(32)15-6-7-15/h8-12,15,19-20H,6-7,13-14H2,1-5H3,(H,27,28,32)/t19-,20+/m1/s1. The highest BCUT2D eigenvalue weighted by molar-refractivity contribution is 5.93. The summed E-state index contributed by atoms with van der Waals surface area (Å²) in [6.45, 7) is 6.24. The van der Waals surface area contributed by atoms with Gasteiger partial charge in [0, 0.05) is 37.9 Å². The summed E-state index contributed by atoms with van der Waals surface area (Å²) < 4.78 is 21.0. The van der Waals surface area contributed by atoms with Crippen LogP contribution in [0.1, 0.15) is 33.6 Å². The number of aromatic nitrogens is 4. The zero-order valence-corrected chi connectivity index (χ0v) is 21.2. The number of nitrogens with zero attached hydrogens (tertiary/aromatic N) is 5. The molecule has 2 aliphatic rings. The van der Waals surface area contributed by atoms with Crippen LogP contribution in [0.15, 0.2) is 30.6 Å². The Labute approximate surface area is 209 Å². The van der Waals surface area contributed by atoms with E-state index >= 15 is 0 Å². The molecular weight excluding hydrogens is 464 g/mol. The van der Waals surface area contributed by atoms with Crippen molar-refractivity contribution in [1.29, 1.82) is 0 Å². The molecule has 0 unspecified atom stereocenters. The van der Waals surface area contributed by atoms with Gasteiger partial charge in [0.1, 0.15) is 23.5 Å². The minimum atomic E-state index is -0.581. The maximum absolute atomic E-state index is 12.6. The second-order valence-electron chi connectivity index (χ2n) is 10.4. The third kappa shape index (κ3) is 5.01. The number of amides is 2. The fourth-order valence-corrected chi connectivity index (χ4v) is 4.33. The molecule has 1 N–H and O–H groups in total. The van der Waals surface area contributed by atoms with Crippen LogP contribution in [0, 0.1) is 5.92 Å². The number of aryl methyl sites for hydroxylation is 1. The molecule has 0 radical (unpaired) electrons. The van der Waals surface area contributed by atoms with E-state index in [1.165, 1.54) is 0 Å². The molecule has 11 nitrogen and oxygen atoms in total. The van der Waals surface area contributed by atoms with E-state index < -0.39 is 11.7 Å². The molecule has 36 heavy (non-hydrogen) atoms. The molecule has 4 heterocycles. The lowest BCUT2D eigenvalue weighted by Crippen LogP contribution is -2.36. The number of nitrogens with one attached hydrogen (secondary N) is 1. The summed E-state index contributed by atoms with van der Waals surface area (Å²) in [6, 6.07) is 5.74. The normalized spacial score (nSPS) is 20.1. The van der Waals surface area contributed by atoms with Gasteiger partial charge >= 0.3 is 6.09 Å². The highest BCUT2D eigenvalue weighted by Gasteiger charge is 2.39. The van der Waals surface area contributed by atoms with Crippen LogP contribution < -0.4 is 10.1 Å². The van der Waals surface area contributed by atoms with Gasteiger partial charge in [-0.05, 0) is 45.7 Å². The van der Waals surface area contributed by atoms with Crippen molar-refractivity contribution in [3.05, 3.63) is 30.6 Å². The monoisotopic (exact) mass is 496 g/mol. The Balaban J connectivity index is 1.35. The first kappa shape index (κ1) is 24.1. The second kappa shape index (κ2) is 9.12. The van der Waals surface area contributed by atoms with Gasteiger partial charge in [-0.1, -0.05) is 0 Å². The molecule has 2 fully saturated rings. The lowest BCUT2D eigenvalue weighted by molar-refractivity contribution is -0.117. The lowest BCUT2D eigenvalue weighted by Gasteiger charge is -2.24. The van der Waals surface area contributed by atoms with Crippen molar-refractivity contribution >= 4 is 23.3 Å². The van der Waals surface area contributed by atoms with Crippen LogP contribution in [0.4, 0.5) is 10.6 Å². The number of fused-ring (bicyclic) bond motifs is 1. The maximum atomic E-state index is 12.6. The van der Waals surface area contributed by atoms with E-state index in [2.05, 4.69) is 15.5 Å². The van der Waals surface area contributed by atoms with Crippen molar-refractivity contribution in [2.45, 2.75) is 51.4 Å². The Morgan fingerprint density at radius 3 is 2.58 bits per heavy atom. The molecule has 3 aromatic rings. The number of anilines is 1. The van der Waals surface area contributed by atoms with Crippen LogP contribution >= 0.6 is 0 Å². The number of carbonyl (C=O) groups excluding carboxylic acids is 2. The van der Waals surface area contributed by atoms with E-state index in [0.29, 0.717) is 24.7 Å². The van der Waals surface area contributed by atoms with E-state index in [1.807, 2.05) is 52.2 Å². The molecule has 0 spiro atoms. The molecule has 3 aromatic heterocycles. The number of methoxy groups -OCH3 is 1. The Hall–Kier alpha value is -3.60. The van der Waals surface area contributed by atoms with E-state index in [1.54, 1.807) is 27.4 Å². The third-order valence-electron chi connectivity index (χ3n) is 6.29. The minimum absolute atomic E-state index is 0.0191. The average Bonchev–Trinajstić information content (AvgIpc) is 3.32. The Kier molecular flexibility index (Phi) is 6.11. The fourth-order valence-electron chi connectivity index (χ4n) is 4.33. The van der Waals surface area contributed by atoms with Crippen LogP contribution in [0.5, 0.6) is 5.75 Å². The van der Waals surface area contributed by atoms with E-state index in [9.17, 15) is 9.59 Å². The highest BCUT2D eigenvalue weighted by Crippen LogP contribution is 2.33. The number of hydrogen-bond donors (Lipinski definition) is 1. The van der Waals surface area contributed by atoms with Gasteiger partial charge in [-0.15, -0.1) is 0 Å². The molecule has 0 aromatic carbocycles. The summed E-state index contributed by atoms with van der Waals surface area (Å²) in [5, 5.41) is 11.7. The molecule has 1 saturated carbocycles. The van der Waals surface area contributed by atoms with Crippen LogP contribution in [0.3, 0.4) is 0 Å². The molecule has 5 rings (SSSR count). The first-order valence-corrected chi connectivity index (χ1v) is 12.1. The Bertz CT molecular complexity index is 1290. The van der Waals surface area contributed by atoms with Crippen molar-refractivity contribution in [1.82, 2.24) is 24.3 Å². The number of pyridine rings is 1. The molecule has 2 amide bonds. The SMILES string of the molecule is CO[C@@H]1CN(C(=O)OC(C)(C)C)C[C@@H]1Oc1cnn(C)c1-c1ccn2nc(NC(=O)C3CC3)cc2c1. The third-order valence-corrected chi connectivity index (χ3v) is 6.29. The molecule has 1 aliphatic heterocycles. The molecule has 11 heteroatoms. The molecule has 1 saturated heterocycles. The topological polar surface area (TPSA) is 112 Å². The molecular formula is C25H32N6O5. The van der Waals surface area contributed by atoms with Crippen LogP contribution in [-0.4, -0.2) is 74.3 Å². The summed E-state index contributed by atoms with van der Waals surface area (Å²) in [5.41, 5.74) is 1.92. The minimum Gasteiger partial charge on any atom is -0.482 e. The predicted octanol–water partition coefficient (Wildman–Crippen LogP) is 3.10. The zero-order valence-electron chi connectivity index (χ0n) is 21.2. The lowest BCUT2D eigenvalue weighted by atomic mass is 10.1. The highest BCUT2D eigenvalue weighted by atomic mass is 16.6. The summed E-state index contributed by atoms with van der Waals surface area (Å²) >= 11 is 0. The van der Waals surface area contributed by atoms with Gasteiger partial charge in [0.05, 0.1) is 24.8 Å². The number of ether oxygens (including phenoxy) is 3. The van der Waals surface area contributed by atoms with Gasteiger partial charge in [0.25, 0.3) is 0 Å². The summed E-state index contributed by atoms with van der Waals surface area (Å²) in [7, 11) is 3.45. The van der Waals surface area contributed by atoms with Crippen LogP contribution in [-0.2, 0) is 21.3 Å². The van der Waals surface area contributed by atoms with E-state index in [4.69, 9.17) is 14.2 Å². The summed E-state index contributed by atoms with van der Waals surface area (Å²) in [5.74, 6) is 1.24. The first-order chi connectivity index (χ1) is 17.1. The van der Waals surface area contributed by atoms with Crippen molar-refractivity contribution in [2.75, 3.05) is 25.5 Å². The van der Waals surface area contributed by atoms with Gasteiger partial charge < -0.3 is 24.4 Å².